The van der Waals surface area contributed by atoms with E-state index < -0.39 is 0 Å². The number of carbonyl (C=O) groups is 3. The summed E-state index contributed by atoms with van der Waals surface area (Å²) >= 11 is 1.32. The van der Waals surface area contributed by atoms with Gasteiger partial charge in [-0.3, -0.25) is 19.4 Å². The van der Waals surface area contributed by atoms with Crippen molar-refractivity contribution in [2.45, 2.75) is 46.2 Å². The summed E-state index contributed by atoms with van der Waals surface area (Å²) in [7, 11) is 3.39. The quantitative estimate of drug-likeness (QED) is 0.324. The number of hydrogen-bond acceptors (Lipinski definition) is 7. The van der Waals surface area contributed by atoms with Crippen LogP contribution >= 0.6 is 11.3 Å². The third kappa shape index (κ3) is 7.05. The first kappa shape index (κ1) is 29.2. The van der Waals surface area contributed by atoms with Crippen molar-refractivity contribution < 1.29 is 14.4 Å². The zero-order chi connectivity index (χ0) is 28.6. The van der Waals surface area contributed by atoms with E-state index in [-0.39, 0.29) is 30.8 Å². The predicted octanol–water partition coefficient (Wildman–Crippen LogP) is 3.98. The maximum Gasteiger partial charge on any atom is 0.262 e. The van der Waals surface area contributed by atoms with E-state index in [1.165, 1.54) is 22.5 Å². The van der Waals surface area contributed by atoms with Crippen LogP contribution in [0.3, 0.4) is 0 Å². The zero-order valence-corrected chi connectivity index (χ0v) is 24.5. The molecule has 212 valence electrons. The number of fused-ring (bicyclic) bond motifs is 1. The molecule has 4 rings (SSSR count). The smallest absolute Gasteiger partial charge is 0.262 e. The van der Waals surface area contributed by atoms with Crippen molar-refractivity contribution in [2.24, 2.45) is 0 Å². The minimum Gasteiger partial charge on any atom is -0.355 e. The topological polar surface area (TPSA) is 97.9 Å². The van der Waals surface area contributed by atoms with Gasteiger partial charge in [-0.2, -0.15) is 0 Å². The zero-order valence-electron chi connectivity index (χ0n) is 23.7. The van der Waals surface area contributed by atoms with E-state index in [0.29, 0.717) is 24.5 Å². The van der Waals surface area contributed by atoms with E-state index in [1.807, 2.05) is 47.2 Å². The number of carbonyl (C=O) groups excluding carboxylic acids is 3. The molecule has 9 nitrogen and oxygen atoms in total. The summed E-state index contributed by atoms with van der Waals surface area (Å²) in [4.78, 5) is 45.2. The fourth-order valence-electron chi connectivity index (χ4n) is 4.79. The van der Waals surface area contributed by atoms with Gasteiger partial charge >= 0.3 is 0 Å². The number of thiazole rings is 1. The fourth-order valence-corrected chi connectivity index (χ4v) is 5.65. The second-order valence-corrected chi connectivity index (χ2v) is 11.1. The first-order valence-electron chi connectivity index (χ1n) is 13.7. The van der Waals surface area contributed by atoms with E-state index in [9.17, 15) is 14.4 Å². The lowest BCUT2D eigenvalue weighted by Gasteiger charge is -2.32. The molecule has 2 N–H and O–H groups in total. The summed E-state index contributed by atoms with van der Waals surface area (Å²) in [5.41, 5.74) is 5.04. The number of likely N-dealkylation sites (N-methyl/N-ethyl adjacent to an activating group) is 1. The molecule has 40 heavy (non-hydrogen) atoms. The van der Waals surface area contributed by atoms with Crippen LogP contribution in [0.4, 0.5) is 5.69 Å². The Morgan fingerprint density at radius 3 is 2.42 bits per heavy atom. The molecular weight excluding hydrogens is 524 g/mol. The van der Waals surface area contributed by atoms with Gasteiger partial charge < -0.3 is 15.5 Å². The van der Waals surface area contributed by atoms with E-state index in [2.05, 4.69) is 34.7 Å². The summed E-state index contributed by atoms with van der Waals surface area (Å²) in [6.07, 6.45) is 4.64. The van der Waals surface area contributed by atoms with Crippen LogP contribution in [0.5, 0.6) is 0 Å². The fraction of sp³-hybridized carbons (Fsp3) is 0.400. The first-order valence-corrected chi connectivity index (χ1v) is 14.5. The number of anilines is 1. The molecule has 0 saturated heterocycles. The van der Waals surface area contributed by atoms with Gasteiger partial charge in [0.2, 0.25) is 5.91 Å². The molecule has 0 fully saturated rings. The Labute approximate surface area is 240 Å². The number of rotatable bonds is 12. The Bertz CT molecular complexity index is 1330. The third-order valence-electron chi connectivity index (χ3n) is 7.11. The van der Waals surface area contributed by atoms with Gasteiger partial charge in [-0.25, -0.2) is 9.99 Å². The molecule has 0 spiro atoms. The molecule has 0 atom stereocenters. The highest BCUT2D eigenvalue weighted by Crippen LogP contribution is 2.30. The summed E-state index contributed by atoms with van der Waals surface area (Å²) in [6.45, 7) is 6.20. The number of benzene rings is 2. The standard InChI is InChI=1S/C30H38N6O3S/c1-5-6-9-14-32-27(37)19-35(20-28(38)34(4)36-17-23-10-7-8-11-24(23)18-36)25-13-12-22(15-21(25)2)30-33-16-26(40-30)29(39)31-3/h7-8,10-13,15-16H,5-6,9,14,17-20H2,1-4H3,(H,31,39)(H,32,37). The molecule has 0 unspecified atom stereocenters. The van der Waals surface area contributed by atoms with Crippen LogP contribution in [-0.4, -0.2) is 66.5 Å². The second-order valence-electron chi connectivity index (χ2n) is 10.0. The molecule has 2 heterocycles. The minimum atomic E-state index is -0.169. The second kappa shape index (κ2) is 13.5. The number of amides is 3. The van der Waals surface area contributed by atoms with Crippen LogP contribution < -0.4 is 15.5 Å². The predicted molar refractivity (Wildman–Crippen MR) is 159 cm³/mol. The molecule has 3 aromatic rings. The van der Waals surface area contributed by atoms with Crippen LogP contribution in [-0.2, 0) is 22.7 Å². The van der Waals surface area contributed by atoms with Crippen molar-refractivity contribution in [3.63, 3.8) is 0 Å². The Balaban J connectivity index is 1.51. The van der Waals surface area contributed by atoms with Crippen molar-refractivity contribution in [3.05, 3.63) is 70.2 Å². The Hall–Kier alpha value is -3.76. The van der Waals surface area contributed by atoms with Crippen LogP contribution in [0.15, 0.2) is 48.7 Å². The molecule has 1 aromatic heterocycles. The van der Waals surface area contributed by atoms with Crippen molar-refractivity contribution >= 4 is 34.7 Å². The number of nitrogens with one attached hydrogen (secondary N) is 2. The molecule has 3 amide bonds. The number of nitrogens with zero attached hydrogens (tertiary/aromatic N) is 4. The van der Waals surface area contributed by atoms with E-state index in [1.54, 1.807) is 25.3 Å². The average molecular weight is 563 g/mol. The van der Waals surface area contributed by atoms with Crippen LogP contribution in [0.1, 0.15) is 52.5 Å². The number of aryl methyl sites for hydroxylation is 1. The third-order valence-corrected chi connectivity index (χ3v) is 8.16. The monoisotopic (exact) mass is 562 g/mol. The van der Waals surface area contributed by atoms with Gasteiger partial charge in [0.1, 0.15) is 9.88 Å². The van der Waals surface area contributed by atoms with Crippen molar-refractivity contribution in [1.82, 2.24) is 25.6 Å². The van der Waals surface area contributed by atoms with Gasteiger partial charge in [0.15, 0.2) is 0 Å². The highest BCUT2D eigenvalue weighted by atomic mass is 32.1. The Kier molecular flexibility index (Phi) is 9.89. The molecule has 0 saturated carbocycles. The normalized spacial score (nSPS) is 12.6. The number of unbranched alkanes of at least 4 members (excludes halogenated alkanes) is 2. The molecule has 2 aromatic carbocycles. The average Bonchev–Trinajstić information content (AvgIpc) is 3.62. The van der Waals surface area contributed by atoms with E-state index in [0.717, 1.165) is 41.1 Å². The van der Waals surface area contributed by atoms with Crippen LogP contribution in [0, 0.1) is 6.92 Å². The Morgan fingerprint density at radius 2 is 1.77 bits per heavy atom. The van der Waals surface area contributed by atoms with Crippen LogP contribution in [0.2, 0.25) is 0 Å². The lowest BCUT2D eigenvalue weighted by Crippen LogP contribution is -2.48. The number of hydrazine groups is 1. The van der Waals surface area contributed by atoms with Gasteiger partial charge in [-0.1, -0.05) is 44.0 Å². The maximum atomic E-state index is 13.5. The van der Waals surface area contributed by atoms with E-state index >= 15 is 0 Å². The van der Waals surface area contributed by atoms with Crippen molar-refractivity contribution in [3.8, 4) is 10.6 Å². The largest absolute Gasteiger partial charge is 0.355 e. The number of hydrogen-bond donors (Lipinski definition) is 2. The highest BCUT2D eigenvalue weighted by Gasteiger charge is 2.27. The van der Waals surface area contributed by atoms with Crippen molar-refractivity contribution in [2.75, 3.05) is 38.6 Å². The van der Waals surface area contributed by atoms with Crippen molar-refractivity contribution in [1.29, 1.82) is 0 Å². The van der Waals surface area contributed by atoms with Gasteiger partial charge in [0.05, 0.1) is 19.3 Å². The number of aromatic nitrogens is 1. The van der Waals surface area contributed by atoms with Gasteiger partial charge in [-0.15, -0.1) is 11.3 Å². The SMILES string of the molecule is CCCCCNC(=O)CN(CC(=O)N(C)N1Cc2ccccc2C1)c1ccc(-c2ncc(C(=O)NC)s2)cc1C. The molecule has 1 aliphatic rings. The lowest BCUT2D eigenvalue weighted by atomic mass is 10.1. The summed E-state index contributed by atoms with van der Waals surface area (Å²) in [5, 5.41) is 10.1. The van der Waals surface area contributed by atoms with Gasteiger partial charge in [0.25, 0.3) is 11.8 Å². The van der Waals surface area contributed by atoms with E-state index in [4.69, 9.17) is 0 Å². The summed E-state index contributed by atoms with van der Waals surface area (Å²) in [5.74, 6) is -0.374. The molecular formula is C30H38N6O3S. The highest BCUT2D eigenvalue weighted by molar-refractivity contribution is 7.16. The molecule has 10 heteroatoms. The van der Waals surface area contributed by atoms with Gasteiger partial charge in [0, 0.05) is 45.0 Å². The molecule has 0 radical (unpaired) electrons. The molecule has 0 aliphatic carbocycles. The van der Waals surface area contributed by atoms with Crippen LogP contribution in [0.25, 0.3) is 10.6 Å². The van der Waals surface area contributed by atoms with Gasteiger partial charge in [-0.05, 0) is 48.2 Å². The Morgan fingerprint density at radius 1 is 1.05 bits per heavy atom. The summed E-state index contributed by atoms with van der Waals surface area (Å²) in [6, 6.07) is 14.0. The maximum absolute atomic E-state index is 13.5. The minimum absolute atomic E-state index is 0.0595. The first-order chi connectivity index (χ1) is 19.3. The molecule has 0 bridgehead atoms. The molecule has 1 aliphatic heterocycles. The summed E-state index contributed by atoms with van der Waals surface area (Å²) < 4.78 is 0. The lowest BCUT2D eigenvalue weighted by molar-refractivity contribution is -0.145.